The maximum atomic E-state index is 12.7. The average molecular weight is 248 g/mol. The Labute approximate surface area is 85.9 Å². The van der Waals surface area contributed by atoms with Crippen molar-refractivity contribution in [2.75, 3.05) is 0 Å². The third-order valence-corrected chi connectivity index (χ3v) is 4.02. The van der Waals surface area contributed by atoms with Crippen LogP contribution in [-0.4, -0.2) is 19.8 Å². The highest BCUT2D eigenvalue weighted by Crippen LogP contribution is 2.40. The van der Waals surface area contributed by atoms with Gasteiger partial charge in [-0.3, -0.25) is 0 Å². The molecule has 0 heterocycles. The summed E-state index contributed by atoms with van der Waals surface area (Å²) in [6, 6.07) is 0. The van der Waals surface area contributed by atoms with Gasteiger partial charge in [0.15, 0.2) is 0 Å². The molecule has 1 fully saturated rings. The summed E-state index contributed by atoms with van der Waals surface area (Å²) >= 11 is 0. The lowest BCUT2D eigenvalue weighted by molar-refractivity contribution is -0.176. The van der Waals surface area contributed by atoms with Crippen LogP contribution in [0.3, 0.4) is 0 Å². The molecule has 1 rings (SSSR count). The van der Waals surface area contributed by atoms with Crippen LogP contribution >= 0.6 is 0 Å². The number of alkyl halides is 3. The molecule has 0 aliphatic heterocycles. The molecule has 1 saturated carbocycles. The van der Waals surface area contributed by atoms with Crippen LogP contribution in [0, 0.1) is 5.92 Å². The van der Waals surface area contributed by atoms with E-state index in [2.05, 4.69) is 0 Å². The maximum Gasteiger partial charge on any atom is 0.393 e. The van der Waals surface area contributed by atoms with E-state index in [1.807, 2.05) is 0 Å². The van der Waals surface area contributed by atoms with E-state index in [-0.39, 0.29) is 12.8 Å². The zero-order valence-electron chi connectivity index (χ0n) is 7.93. The van der Waals surface area contributed by atoms with Gasteiger partial charge in [0.1, 0.15) is 5.25 Å². The van der Waals surface area contributed by atoms with Crippen molar-refractivity contribution in [3.63, 3.8) is 0 Å². The molecule has 1 aliphatic rings. The lowest BCUT2D eigenvalue weighted by Crippen LogP contribution is -2.37. The van der Waals surface area contributed by atoms with Gasteiger partial charge < -0.3 is 0 Å². The van der Waals surface area contributed by atoms with Crippen LogP contribution in [0.25, 0.3) is 0 Å². The summed E-state index contributed by atoms with van der Waals surface area (Å²) < 4.78 is 71.4. The topological polar surface area (TPSA) is 34.1 Å². The van der Waals surface area contributed by atoms with Gasteiger partial charge in [0, 0.05) is 0 Å². The first-order chi connectivity index (χ1) is 6.73. The van der Waals surface area contributed by atoms with E-state index >= 15 is 0 Å². The highest BCUT2D eigenvalue weighted by Gasteiger charge is 2.49. The van der Waals surface area contributed by atoms with Crippen LogP contribution < -0.4 is 0 Å². The van der Waals surface area contributed by atoms with Crippen molar-refractivity contribution >= 4 is 10.2 Å². The molecule has 2 unspecified atom stereocenters. The largest absolute Gasteiger partial charge is 0.393 e. The molecule has 0 amide bonds. The smallest absolute Gasteiger partial charge is 0.195 e. The summed E-state index contributed by atoms with van der Waals surface area (Å²) in [6.45, 7) is 0. The molecule has 0 aromatic carbocycles. The Morgan fingerprint density at radius 3 is 2.00 bits per heavy atom. The Morgan fingerprint density at radius 1 is 1.00 bits per heavy atom. The minimum atomic E-state index is -5.10. The molecule has 2 nitrogen and oxygen atoms in total. The van der Waals surface area contributed by atoms with Crippen molar-refractivity contribution in [3.05, 3.63) is 0 Å². The fraction of sp³-hybridized carbons (Fsp3) is 1.00. The predicted molar refractivity (Wildman–Crippen MR) is 46.4 cm³/mol. The molecule has 1 aliphatic carbocycles. The first-order valence-corrected chi connectivity index (χ1v) is 6.18. The summed E-state index contributed by atoms with van der Waals surface area (Å²) in [5, 5.41) is -1.90. The maximum absolute atomic E-state index is 12.7. The van der Waals surface area contributed by atoms with Gasteiger partial charge in [-0.25, -0.2) is 0 Å². The van der Waals surface area contributed by atoms with E-state index in [1.54, 1.807) is 0 Å². The normalized spacial score (nSPS) is 29.9. The molecule has 0 radical (unpaired) electrons. The Kier molecular flexibility index (Phi) is 3.63. The van der Waals surface area contributed by atoms with Gasteiger partial charge in [-0.15, -0.1) is 3.89 Å². The first-order valence-electron chi connectivity index (χ1n) is 4.73. The van der Waals surface area contributed by atoms with Crippen LogP contribution in [-0.2, 0) is 10.2 Å². The van der Waals surface area contributed by atoms with Crippen LogP contribution in [0.15, 0.2) is 0 Å². The Bertz CT molecular complexity index is 309. The Morgan fingerprint density at radius 2 is 1.53 bits per heavy atom. The van der Waals surface area contributed by atoms with Crippen molar-refractivity contribution < 1.29 is 25.5 Å². The lowest BCUT2D eigenvalue weighted by Gasteiger charge is -2.23. The summed E-state index contributed by atoms with van der Waals surface area (Å²) in [5.41, 5.74) is 0. The van der Waals surface area contributed by atoms with Crippen LogP contribution in [0.5, 0.6) is 0 Å². The van der Waals surface area contributed by atoms with Crippen LogP contribution in [0.1, 0.15) is 32.1 Å². The predicted octanol–water partition coefficient (Wildman–Crippen LogP) is 2.80. The van der Waals surface area contributed by atoms with Crippen molar-refractivity contribution in [1.82, 2.24) is 0 Å². The number of hydrogen-bond acceptors (Lipinski definition) is 2. The van der Waals surface area contributed by atoms with Gasteiger partial charge in [-0.05, 0) is 12.8 Å². The number of halogens is 4. The molecular weight excluding hydrogens is 236 g/mol. The zero-order valence-corrected chi connectivity index (χ0v) is 8.74. The molecule has 0 N–H and O–H groups in total. The van der Waals surface area contributed by atoms with Gasteiger partial charge in [-0.2, -0.15) is 21.6 Å². The van der Waals surface area contributed by atoms with E-state index in [4.69, 9.17) is 0 Å². The van der Waals surface area contributed by atoms with Gasteiger partial charge in [-0.1, -0.05) is 19.3 Å². The number of hydrogen-bond donors (Lipinski definition) is 0. The first kappa shape index (κ1) is 12.7. The van der Waals surface area contributed by atoms with Crippen molar-refractivity contribution in [2.45, 2.75) is 43.5 Å². The SMILES string of the molecule is O=S(=O)(F)C1CCCCCC1C(F)(F)F. The monoisotopic (exact) mass is 248 g/mol. The molecule has 2 atom stereocenters. The van der Waals surface area contributed by atoms with E-state index in [0.29, 0.717) is 19.3 Å². The molecule has 90 valence electrons. The van der Waals surface area contributed by atoms with Gasteiger partial charge in [0.05, 0.1) is 5.92 Å². The molecule has 0 spiro atoms. The fourth-order valence-corrected chi connectivity index (χ4v) is 3.12. The highest BCUT2D eigenvalue weighted by atomic mass is 32.3. The lowest BCUT2D eigenvalue weighted by atomic mass is 9.99. The second-order valence-corrected chi connectivity index (χ2v) is 5.36. The second-order valence-electron chi connectivity index (χ2n) is 3.80. The molecular formula is C8H12F4O2S. The summed E-state index contributed by atoms with van der Waals surface area (Å²) in [7, 11) is -5.10. The van der Waals surface area contributed by atoms with Crippen molar-refractivity contribution in [3.8, 4) is 0 Å². The fourth-order valence-electron chi connectivity index (χ4n) is 1.99. The molecule has 0 aromatic heterocycles. The van der Waals surface area contributed by atoms with E-state index < -0.39 is 27.6 Å². The van der Waals surface area contributed by atoms with Crippen molar-refractivity contribution in [2.24, 2.45) is 5.92 Å². The van der Waals surface area contributed by atoms with Gasteiger partial charge >= 0.3 is 16.4 Å². The minimum Gasteiger partial charge on any atom is -0.195 e. The third kappa shape index (κ3) is 3.32. The molecule has 0 aromatic rings. The second kappa shape index (κ2) is 4.27. The highest BCUT2D eigenvalue weighted by molar-refractivity contribution is 7.87. The molecule has 15 heavy (non-hydrogen) atoms. The van der Waals surface area contributed by atoms with Crippen LogP contribution in [0.4, 0.5) is 17.1 Å². The van der Waals surface area contributed by atoms with Crippen molar-refractivity contribution in [1.29, 1.82) is 0 Å². The Hall–Kier alpha value is -0.330. The van der Waals surface area contributed by atoms with Gasteiger partial charge in [0.2, 0.25) is 0 Å². The summed E-state index contributed by atoms with van der Waals surface area (Å²) in [5.74, 6) is -2.05. The summed E-state index contributed by atoms with van der Waals surface area (Å²) in [4.78, 5) is 0. The van der Waals surface area contributed by atoms with E-state index in [0.717, 1.165) is 0 Å². The van der Waals surface area contributed by atoms with E-state index in [9.17, 15) is 25.5 Å². The Balaban J connectivity index is 2.97. The molecule has 0 saturated heterocycles. The van der Waals surface area contributed by atoms with Gasteiger partial charge in [0.25, 0.3) is 0 Å². The summed E-state index contributed by atoms with van der Waals surface area (Å²) in [6.07, 6.45) is -4.00. The molecule has 0 bridgehead atoms. The third-order valence-electron chi connectivity index (χ3n) is 2.73. The minimum absolute atomic E-state index is 0.233. The van der Waals surface area contributed by atoms with Crippen LogP contribution in [0.2, 0.25) is 0 Å². The standard InChI is InChI=1S/C8H12F4O2S/c9-8(10,11)6-4-2-1-3-5-7(6)15(12,13)14/h6-7H,1-5H2. The zero-order chi connectivity index (χ0) is 11.7. The molecule has 7 heteroatoms. The van der Waals surface area contributed by atoms with E-state index in [1.165, 1.54) is 0 Å². The number of rotatable bonds is 1. The quantitative estimate of drug-likeness (QED) is 0.406. The average Bonchev–Trinajstić information content (AvgIpc) is 2.24.